The van der Waals surface area contributed by atoms with Gasteiger partial charge < -0.3 is 5.73 Å². The molecular formula is C15H20N2O2S2. The number of nitrogens with zero attached hydrogens (tertiary/aromatic N) is 1. The molecule has 1 aromatic heterocycles. The van der Waals surface area contributed by atoms with E-state index in [0.717, 1.165) is 4.88 Å². The summed E-state index contributed by atoms with van der Waals surface area (Å²) in [6.45, 7) is 5.67. The van der Waals surface area contributed by atoms with Gasteiger partial charge in [-0.05, 0) is 56.7 Å². The Labute approximate surface area is 130 Å². The molecule has 6 heteroatoms. The third-order valence-corrected chi connectivity index (χ3v) is 6.83. The van der Waals surface area contributed by atoms with Crippen molar-refractivity contribution in [3.8, 4) is 0 Å². The monoisotopic (exact) mass is 324 g/mol. The first-order chi connectivity index (χ1) is 9.73. The van der Waals surface area contributed by atoms with Gasteiger partial charge in [0.05, 0.1) is 10.9 Å². The van der Waals surface area contributed by atoms with E-state index in [2.05, 4.69) is 0 Å². The first-order valence-corrected chi connectivity index (χ1v) is 8.89. The van der Waals surface area contributed by atoms with Crippen molar-refractivity contribution in [1.82, 2.24) is 4.31 Å². The zero-order valence-corrected chi connectivity index (χ0v) is 14.3. The van der Waals surface area contributed by atoms with E-state index in [4.69, 9.17) is 5.73 Å². The van der Waals surface area contributed by atoms with Gasteiger partial charge in [-0.1, -0.05) is 0 Å². The van der Waals surface area contributed by atoms with Gasteiger partial charge >= 0.3 is 0 Å². The standard InChI is InChI=1S/C15H20N2O2S2/c1-10-9-13(16)6-8-15(10)21(18,19)17(4)12(3)14-7-5-11(2)20-14/h5-9,12H,16H2,1-4H3. The van der Waals surface area contributed by atoms with Crippen LogP contribution in [-0.4, -0.2) is 19.8 Å². The second-order valence-corrected chi connectivity index (χ2v) is 8.46. The third kappa shape index (κ3) is 3.12. The van der Waals surface area contributed by atoms with Gasteiger partial charge in [0.2, 0.25) is 10.0 Å². The van der Waals surface area contributed by atoms with Crippen LogP contribution in [0.1, 0.15) is 28.3 Å². The molecule has 0 aliphatic rings. The topological polar surface area (TPSA) is 63.4 Å². The van der Waals surface area contributed by atoms with E-state index in [-0.39, 0.29) is 6.04 Å². The molecule has 2 aromatic rings. The molecule has 2 rings (SSSR count). The van der Waals surface area contributed by atoms with Crippen LogP contribution >= 0.6 is 11.3 Å². The average molecular weight is 324 g/mol. The number of hydrogen-bond acceptors (Lipinski definition) is 4. The molecule has 0 saturated heterocycles. The van der Waals surface area contributed by atoms with Crippen molar-refractivity contribution >= 4 is 27.0 Å². The largest absolute Gasteiger partial charge is 0.399 e. The Kier molecular flexibility index (Phi) is 4.41. The molecule has 21 heavy (non-hydrogen) atoms. The molecule has 0 amide bonds. The van der Waals surface area contributed by atoms with E-state index < -0.39 is 10.0 Å². The Balaban J connectivity index is 2.38. The lowest BCUT2D eigenvalue weighted by atomic mass is 10.2. The second kappa shape index (κ2) is 5.79. The normalized spacial score (nSPS) is 13.6. The van der Waals surface area contributed by atoms with Crippen LogP contribution in [0, 0.1) is 13.8 Å². The lowest BCUT2D eigenvalue weighted by molar-refractivity contribution is 0.402. The van der Waals surface area contributed by atoms with Crippen LogP contribution in [0.2, 0.25) is 0 Å². The molecule has 0 aliphatic carbocycles. The highest BCUT2D eigenvalue weighted by Gasteiger charge is 2.28. The fraction of sp³-hybridized carbons (Fsp3) is 0.333. The molecule has 0 bridgehead atoms. The molecule has 1 heterocycles. The van der Waals surface area contributed by atoms with Crippen LogP contribution in [0.5, 0.6) is 0 Å². The van der Waals surface area contributed by atoms with Crippen molar-refractivity contribution in [2.24, 2.45) is 0 Å². The van der Waals surface area contributed by atoms with Crippen molar-refractivity contribution < 1.29 is 8.42 Å². The number of thiophene rings is 1. The fourth-order valence-corrected chi connectivity index (χ4v) is 4.77. The molecule has 4 nitrogen and oxygen atoms in total. The highest BCUT2D eigenvalue weighted by molar-refractivity contribution is 7.89. The van der Waals surface area contributed by atoms with E-state index in [9.17, 15) is 8.42 Å². The Hall–Kier alpha value is -1.37. The third-order valence-electron chi connectivity index (χ3n) is 3.57. The van der Waals surface area contributed by atoms with Crippen LogP contribution in [0.25, 0.3) is 0 Å². The van der Waals surface area contributed by atoms with Gasteiger partial charge in [0, 0.05) is 22.5 Å². The summed E-state index contributed by atoms with van der Waals surface area (Å²) in [5, 5.41) is 0. The maximum absolute atomic E-state index is 12.8. The van der Waals surface area contributed by atoms with Gasteiger partial charge in [-0.2, -0.15) is 4.31 Å². The molecule has 2 N–H and O–H groups in total. The Morgan fingerprint density at radius 2 is 1.86 bits per heavy atom. The van der Waals surface area contributed by atoms with Gasteiger partial charge in [-0.3, -0.25) is 0 Å². The summed E-state index contributed by atoms with van der Waals surface area (Å²) in [6.07, 6.45) is 0. The minimum absolute atomic E-state index is 0.203. The minimum Gasteiger partial charge on any atom is -0.399 e. The number of hydrogen-bond donors (Lipinski definition) is 1. The summed E-state index contributed by atoms with van der Waals surface area (Å²) in [6, 6.07) is 8.65. The van der Waals surface area contributed by atoms with Crippen LogP contribution in [0.4, 0.5) is 5.69 Å². The first kappa shape index (κ1) is 16.0. The van der Waals surface area contributed by atoms with Crippen LogP contribution in [0.15, 0.2) is 35.2 Å². The van der Waals surface area contributed by atoms with Gasteiger partial charge in [0.15, 0.2) is 0 Å². The zero-order chi connectivity index (χ0) is 15.8. The predicted molar refractivity (Wildman–Crippen MR) is 88.0 cm³/mol. The van der Waals surface area contributed by atoms with Crippen LogP contribution in [0.3, 0.4) is 0 Å². The number of nitrogen functional groups attached to an aromatic ring is 1. The number of benzene rings is 1. The number of nitrogens with two attached hydrogens (primary N) is 1. The summed E-state index contributed by atoms with van der Waals surface area (Å²) < 4.78 is 27.0. The average Bonchev–Trinajstić information content (AvgIpc) is 2.83. The van der Waals surface area contributed by atoms with Gasteiger partial charge in [0.25, 0.3) is 0 Å². The Morgan fingerprint density at radius 3 is 2.38 bits per heavy atom. The quantitative estimate of drug-likeness (QED) is 0.877. The number of anilines is 1. The highest BCUT2D eigenvalue weighted by atomic mass is 32.2. The molecule has 1 atom stereocenters. The van der Waals surface area contributed by atoms with E-state index in [1.165, 1.54) is 9.18 Å². The maximum atomic E-state index is 12.8. The van der Waals surface area contributed by atoms with Crippen molar-refractivity contribution in [1.29, 1.82) is 0 Å². The first-order valence-electron chi connectivity index (χ1n) is 6.64. The van der Waals surface area contributed by atoms with Crippen LogP contribution < -0.4 is 5.73 Å². The summed E-state index contributed by atoms with van der Waals surface area (Å²) in [7, 11) is -1.92. The molecule has 114 valence electrons. The summed E-state index contributed by atoms with van der Waals surface area (Å²) >= 11 is 1.62. The lowest BCUT2D eigenvalue weighted by Gasteiger charge is -2.24. The summed E-state index contributed by atoms with van der Waals surface area (Å²) in [5.41, 5.74) is 6.92. The van der Waals surface area contributed by atoms with Crippen LogP contribution in [-0.2, 0) is 10.0 Å². The van der Waals surface area contributed by atoms with E-state index >= 15 is 0 Å². The molecule has 0 spiro atoms. The van der Waals surface area contributed by atoms with E-state index in [1.807, 2.05) is 26.0 Å². The number of aryl methyl sites for hydroxylation is 2. The molecular weight excluding hydrogens is 304 g/mol. The second-order valence-electron chi connectivity index (χ2n) is 5.17. The van der Waals surface area contributed by atoms with Gasteiger partial charge in [-0.25, -0.2) is 8.42 Å². The summed E-state index contributed by atoms with van der Waals surface area (Å²) in [5.74, 6) is 0. The van der Waals surface area contributed by atoms with Crippen molar-refractivity contribution in [3.05, 3.63) is 45.6 Å². The predicted octanol–water partition coefficient (Wildman–Crippen LogP) is 3.33. The highest BCUT2D eigenvalue weighted by Crippen LogP contribution is 2.31. The smallest absolute Gasteiger partial charge is 0.243 e. The zero-order valence-electron chi connectivity index (χ0n) is 12.6. The Morgan fingerprint density at radius 1 is 1.19 bits per heavy atom. The Bertz CT molecular complexity index is 751. The van der Waals surface area contributed by atoms with E-state index in [0.29, 0.717) is 16.1 Å². The summed E-state index contributed by atoms with van der Waals surface area (Å²) in [4.78, 5) is 2.51. The molecule has 0 aliphatic heterocycles. The molecule has 0 fully saturated rings. The van der Waals surface area contributed by atoms with Crippen molar-refractivity contribution in [2.75, 3.05) is 12.8 Å². The number of sulfonamides is 1. The molecule has 1 unspecified atom stereocenters. The SMILES string of the molecule is Cc1ccc(C(C)N(C)S(=O)(=O)c2ccc(N)cc2C)s1. The van der Waals surface area contributed by atoms with Crippen molar-refractivity contribution in [2.45, 2.75) is 31.7 Å². The number of rotatable bonds is 4. The van der Waals surface area contributed by atoms with E-state index in [1.54, 1.807) is 43.5 Å². The van der Waals surface area contributed by atoms with Gasteiger partial charge in [-0.15, -0.1) is 11.3 Å². The molecule has 1 aromatic carbocycles. The minimum atomic E-state index is -3.54. The fourth-order valence-electron chi connectivity index (χ4n) is 2.18. The van der Waals surface area contributed by atoms with Crippen molar-refractivity contribution in [3.63, 3.8) is 0 Å². The lowest BCUT2D eigenvalue weighted by Crippen LogP contribution is -2.30. The van der Waals surface area contributed by atoms with Gasteiger partial charge in [0.1, 0.15) is 0 Å². The molecule has 0 saturated carbocycles. The maximum Gasteiger partial charge on any atom is 0.243 e. The molecule has 0 radical (unpaired) electrons.